The van der Waals surface area contributed by atoms with Crippen LogP contribution in [0.15, 0.2) is 18.3 Å². The summed E-state index contributed by atoms with van der Waals surface area (Å²) >= 11 is 0. The van der Waals surface area contributed by atoms with Crippen molar-refractivity contribution in [1.29, 1.82) is 0 Å². The van der Waals surface area contributed by atoms with Gasteiger partial charge in [-0.3, -0.25) is 0 Å². The van der Waals surface area contributed by atoms with Crippen LogP contribution < -0.4 is 5.32 Å². The minimum atomic E-state index is 0.984. The van der Waals surface area contributed by atoms with E-state index in [2.05, 4.69) is 28.0 Å². The van der Waals surface area contributed by atoms with Gasteiger partial charge in [-0.15, -0.1) is 0 Å². The Hall–Kier alpha value is -1.35. The van der Waals surface area contributed by atoms with Crippen LogP contribution >= 0.6 is 0 Å². The highest BCUT2D eigenvalue weighted by Gasteiger charge is 2.17. The van der Waals surface area contributed by atoms with Crippen LogP contribution in [0.25, 0.3) is 11.0 Å². The molecule has 0 radical (unpaired) electrons. The molecule has 0 spiro atoms. The van der Waals surface area contributed by atoms with Crippen LogP contribution in [0.3, 0.4) is 0 Å². The van der Waals surface area contributed by atoms with E-state index in [-0.39, 0.29) is 0 Å². The fourth-order valence-corrected chi connectivity index (χ4v) is 2.32. The quantitative estimate of drug-likeness (QED) is 0.672. The summed E-state index contributed by atoms with van der Waals surface area (Å²) in [6.45, 7) is 2.07. The zero-order valence-corrected chi connectivity index (χ0v) is 8.25. The van der Waals surface area contributed by atoms with E-state index >= 15 is 0 Å². The van der Waals surface area contributed by atoms with Crippen LogP contribution in [-0.4, -0.2) is 16.1 Å². The van der Waals surface area contributed by atoms with Crippen molar-refractivity contribution >= 4 is 11.0 Å². The van der Waals surface area contributed by atoms with Crippen molar-refractivity contribution in [2.75, 3.05) is 6.54 Å². The molecule has 3 heteroatoms. The fraction of sp³-hybridized carbons (Fsp3) is 0.364. The first-order chi connectivity index (χ1) is 6.88. The van der Waals surface area contributed by atoms with Gasteiger partial charge in [-0.25, -0.2) is 4.98 Å². The standard InChI is InChI=1S/C11H13N3/c1-14-10-4-6-12-7-9(10)8-3-2-5-13-11(8)14/h2-3,5,12H,4,6-7H2,1H3. The number of aromatic nitrogens is 2. The van der Waals surface area contributed by atoms with Gasteiger partial charge in [0.05, 0.1) is 0 Å². The number of aryl methyl sites for hydroxylation is 1. The van der Waals surface area contributed by atoms with Crippen molar-refractivity contribution in [2.24, 2.45) is 7.05 Å². The Bertz CT molecular complexity index is 484. The molecule has 0 aromatic carbocycles. The highest BCUT2D eigenvalue weighted by atomic mass is 15.0. The minimum absolute atomic E-state index is 0.984. The average Bonchev–Trinajstić information content (AvgIpc) is 2.55. The lowest BCUT2D eigenvalue weighted by Gasteiger charge is -2.14. The third-order valence-electron chi connectivity index (χ3n) is 3.02. The number of fused-ring (bicyclic) bond motifs is 3. The summed E-state index contributed by atoms with van der Waals surface area (Å²) in [5.74, 6) is 0. The normalized spacial score (nSPS) is 15.8. The first-order valence-electron chi connectivity index (χ1n) is 5.00. The first kappa shape index (κ1) is 8.00. The summed E-state index contributed by atoms with van der Waals surface area (Å²) in [6, 6.07) is 4.17. The summed E-state index contributed by atoms with van der Waals surface area (Å²) in [5, 5.41) is 4.71. The number of rotatable bonds is 0. The summed E-state index contributed by atoms with van der Waals surface area (Å²) in [6.07, 6.45) is 2.98. The molecule has 14 heavy (non-hydrogen) atoms. The number of nitrogens with one attached hydrogen (secondary N) is 1. The van der Waals surface area contributed by atoms with Crippen molar-refractivity contribution < 1.29 is 0 Å². The van der Waals surface area contributed by atoms with Gasteiger partial charge in [0.2, 0.25) is 0 Å². The zero-order chi connectivity index (χ0) is 9.54. The highest BCUT2D eigenvalue weighted by Crippen LogP contribution is 2.25. The molecular formula is C11H13N3. The Morgan fingerprint density at radius 2 is 2.43 bits per heavy atom. The third kappa shape index (κ3) is 0.930. The number of hydrogen-bond donors (Lipinski definition) is 1. The Labute approximate surface area is 82.8 Å². The van der Waals surface area contributed by atoms with E-state index in [1.807, 2.05) is 12.3 Å². The monoisotopic (exact) mass is 187 g/mol. The molecule has 0 unspecified atom stereocenters. The summed E-state index contributed by atoms with van der Waals surface area (Å²) in [7, 11) is 2.11. The molecule has 3 nitrogen and oxygen atoms in total. The molecular weight excluding hydrogens is 174 g/mol. The van der Waals surface area contributed by atoms with E-state index in [9.17, 15) is 0 Å². The second-order valence-corrected chi connectivity index (χ2v) is 3.79. The molecule has 2 aromatic rings. The molecule has 1 N–H and O–H groups in total. The van der Waals surface area contributed by atoms with E-state index < -0.39 is 0 Å². The van der Waals surface area contributed by atoms with Crippen LogP contribution in [0, 0.1) is 0 Å². The molecule has 0 saturated carbocycles. The molecule has 0 amide bonds. The van der Waals surface area contributed by atoms with Crippen LogP contribution in [0.4, 0.5) is 0 Å². The van der Waals surface area contributed by atoms with Crippen molar-refractivity contribution in [1.82, 2.24) is 14.9 Å². The Kier molecular flexibility index (Phi) is 1.61. The van der Waals surface area contributed by atoms with Gasteiger partial charge in [0.25, 0.3) is 0 Å². The van der Waals surface area contributed by atoms with Gasteiger partial charge in [0, 0.05) is 43.8 Å². The smallest absolute Gasteiger partial charge is 0.140 e. The molecule has 3 rings (SSSR count). The van der Waals surface area contributed by atoms with Crippen molar-refractivity contribution in [3.8, 4) is 0 Å². The fourth-order valence-electron chi connectivity index (χ4n) is 2.32. The Balaban J connectivity index is 2.41. The van der Waals surface area contributed by atoms with Gasteiger partial charge < -0.3 is 9.88 Å². The van der Waals surface area contributed by atoms with Gasteiger partial charge >= 0.3 is 0 Å². The van der Waals surface area contributed by atoms with Crippen LogP contribution in [0.2, 0.25) is 0 Å². The SMILES string of the molecule is Cn1c2c(c3cccnc31)CNCC2. The van der Waals surface area contributed by atoms with Gasteiger partial charge in [0.1, 0.15) is 5.65 Å². The first-order valence-corrected chi connectivity index (χ1v) is 5.00. The molecule has 0 bridgehead atoms. The molecule has 0 saturated heterocycles. The predicted molar refractivity (Wildman–Crippen MR) is 56.1 cm³/mol. The van der Waals surface area contributed by atoms with Crippen LogP contribution in [-0.2, 0) is 20.0 Å². The molecule has 0 atom stereocenters. The van der Waals surface area contributed by atoms with Gasteiger partial charge in [-0.2, -0.15) is 0 Å². The molecule has 72 valence electrons. The van der Waals surface area contributed by atoms with Gasteiger partial charge in [-0.05, 0) is 17.7 Å². The molecule has 0 aliphatic carbocycles. The second kappa shape index (κ2) is 2.82. The second-order valence-electron chi connectivity index (χ2n) is 3.79. The van der Waals surface area contributed by atoms with E-state index in [4.69, 9.17) is 0 Å². The third-order valence-corrected chi connectivity index (χ3v) is 3.02. The van der Waals surface area contributed by atoms with Crippen molar-refractivity contribution in [3.05, 3.63) is 29.6 Å². The summed E-state index contributed by atoms with van der Waals surface area (Å²) in [4.78, 5) is 4.42. The van der Waals surface area contributed by atoms with Gasteiger partial charge in [-0.1, -0.05) is 0 Å². The average molecular weight is 187 g/mol. The molecule has 0 fully saturated rings. The summed E-state index contributed by atoms with van der Waals surface area (Å²) in [5.41, 5.74) is 3.99. The number of pyridine rings is 1. The van der Waals surface area contributed by atoms with Gasteiger partial charge in [0.15, 0.2) is 0 Å². The molecule has 3 heterocycles. The zero-order valence-electron chi connectivity index (χ0n) is 8.25. The van der Waals surface area contributed by atoms with E-state index in [0.29, 0.717) is 0 Å². The number of hydrogen-bond acceptors (Lipinski definition) is 2. The van der Waals surface area contributed by atoms with Crippen molar-refractivity contribution in [3.63, 3.8) is 0 Å². The largest absolute Gasteiger partial charge is 0.332 e. The van der Waals surface area contributed by atoms with Crippen LogP contribution in [0.5, 0.6) is 0 Å². The predicted octanol–water partition coefficient (Wildman–Crippen LogP) is 1.22. The maximum absolute atomic E-state index is 4.42. The molecule has 1 aliphatic heterocycles. The Morgan fingerprint density at radius 3 is 3.36 bits per heavy atom. The maximum Gasteiger partial charge on any atom is 0.140 e. The molecule has 2 aromatic heterocycles. The van der Waals surface area contributed by atoms with E-state index in [0.717, 1.165) is 25.2 Å². The lowest BCUT2D eigenvalue weighted by atomic mass is 10.1. The Morgan fingerprint density at radius 1 is 1.50 bits per heavy atom. The minimum Gasteiger partial charge on any atom is -0.332 e. The van der Waals surface area contributed by atoms with Crippen LogP contribution in [0.1, 0.15) is 11.3 Å². The lowest BCUT2D eigenvalue weighted by molar-refractivity contribution is 0.621. The van der Waals surface area contributed by atoms with E-state index in [1.54, 1.807) is 0 Å². The maximum atomic E-state index is 4.42. The molecule has 1 aliphatic rings. The summed E-state index contributed by atoms with van der Waals surface area (Å²) < 4.78 is 2.23. The highest BCUT2D eigenvalue weighted by molar-refractivity contribution is 5.82. The topological polar surface area (TPSA) is 29.9 Å². The van der Waals surface area contributed by atoms with Crippen molar-refractivity contribution in [2.45, 2.75) is 13.0 Å². The van der Waals surface area contributed by atoms with E-state index in [1.165, 1.54) is 16.6 Å². The number of nitrogens with zero attached hydrogens (tertiary/aromatic N) is 2. The lowest BCUT2D eigenvalue weighted by Crippen LogP contribution is -2.24.